The predicted molar refractivity (Wildman–Crippen MR) is 119 cm³/mol. The Labute approximate surface area is 189 Å². The van der Waals surface area contributed by atoms with Gasteiger partial charge < -0.3 is 19.3 Å². The number of hydrogen-bond donors (Lipinski definition) is 2. The largest absolute Gasteiger partial charge is 0.452 e. The summed E-state index contributed by atoms with van der Waals surface area (Å²) in [6.07, 6.45) is -3.14. The van der Waals surface area contributed by atoms with Gasteiger partial charge in [0.25, 0.3) is 0 Å². The van der Waals surface area contributed by atoms with Crippen LogP contribution < -0.4 is 5.43 Å². The first-order chi connectivity index (χ1) is 15.1. The molecule has 1 aromatic carbocycles. The van der Waals surface area contributed by atoms with Crippen LogP contribution in [0, 0.1) is 0 Å². The number of carbonyl (C=O) groups is 3. The van der Waals surface area contributed by atoms with E-state index in [0.717, 1.165) is 5.01 Å². The van der Waals surface area contributed by atoms with Gasteiger partial charge in [0.05, 0.1) is 23.8 Å². The molecule has 0 aliphatic carbocycles. The number of carbonyl (C=O) groups excluding carboxylic acids is 3. The van der Waals surface area contributed by atoms with Gasteiger partial charge in [-0.25, -0.2) is 24.8 Å². The van der Waals surface area contributed by atoms with Crippen LogP contribution in [0.5, 0.6) is 0 Å². The highest BCUT2D eigenvalue weighted by Gasteiger charge is 2.37. The van der Waals surface area contributed by atoms with E-state index in [2.05, 4.69) is 12.0 Å². The Morgan fingerprint density at radius 1 is 1.06 bits per heavy atom. The zero-order valence-electron chi connectivity index (χ0n) is 19.3. The first-order valence-electron chi connectivity index (χ1n) is 10.6. The molecule has 0 aromatic heterocycles. The van der Waals surface area contributed by atoms with Crippen LogP contribution in [-0.4, -0.2) is 58.7 Å². The number of esters is 1. The van der Waals surface area contributed by atoms with Gasteiger partial charge in [0.15, 0.2) is 0 Å². The summed E-state index contributed by atoms with van der Waals surface area (Å²) in [5.41, 5.74) is 2.65. The summed E-state index contributed by atoms with van der Waals surface area (Å²) in [7, 11) is 0. The fourth-order valence-corrected chi connectivity index (χ4v) is 2.85. The van der Waals surface area contributed by atoms with Gasteiger partial charge >= 0.3 is 18.2 Å². The molecular weight excluding hydrogens is 416 g/mol. The average Bonchev–Trinajstić information content (AvgIpc) is 2.73. The second-order valence-corrected chi connectivity index (χ2v) is 7.69. The fourth-order valence-electron chi connectivity index (χ4n) is 2.85. The average molecular weight is 451 g/mol. The molecule has 1 rings (SSSR count). The van der Waals surface area contributed by atoms with E-state index in [1.807, 2.05) is 6.92 Å². The van der Waals surface area contributed by atoms with Crippen molar-refractivity contribution in [1.82, 2.24) is 10.4 Å². The molecule has 178 valence electrons. The van der Waals surface area contributed by atoms with E-state index in [0.29, 0.717) is 12.0 Å². The summed E-state index contributed by atoms with van der Waals surface area (Å²) in [6.45, 7) is 12.1. The van der Waals surface area contributed by atoms with E-state index >= 15 is 0 Å². The summed E-state index contributed by atoms with van der Waals surface area (Å²) in [4.78, 5) is 37.4. The van der Waals surface area contributed by atoms with Crippen molar-refractivity contribution in [2.45, 2.75) is 77.9 Å². The summed E-state index contributed by atoms with van der Waals surface area (Å²) in [5.74, 6) is -0.659. The van der Waals surface area contributed by atoms with Crippen molar-refractivity contribution in [1.29, 1.82) is 0 Å². The van der Waals surface area contributed by atoms with Gasteiger partial charge in [0.2, 0.25) is 0 Å². The molecule has 0 bridgehead atoms. The summed E-state index contributed by atoms with van der Waals surface area (Å²) >= 11 is 0. The highest BCUT2D eigenvalue weighted by molar-refractivity contribution is 5.89. The van der Waals surface area contributed by atoms with Gasteiger partial charge in [-0.15, -0.1) is 0 Å². The van der Waals surface area contributed by atoms with Crippen LogP contribution in [0.3, 0.4) is 0 Å². The molecule has 0 saturated heterocycles. The maximum absolute atomic E-state index is 12.7. The van der Waals surface area contributed by atoms with E-state index < -0.39 is 48.6 Å². The Hall–Kier alpha value is -3.07. The van der Waals surface area contributed by atoms with Gasteiger partial charge in [-0.3, -0.25) is 0 Å². The molecule has 0 spiro atoms. The minimum Gasteiger partial charge on any atom is -0.452 e. The lowest BCUT2D eigenvalue weighted by Crippen LogP contribution is -2.59. The molecule has 0 saturated carbocycles. The second-order valence-electron chi connectivity index (χ2n) is 7.69. The first-order valence-corrected chi connectivity index (χ1v) is 10.6. The Balaban J connectivity index is 3.15. The van der Waals surface area contributed by atoms with E-state index in [1.165, 1.54) is 6.08 Å². The minimum absolute atomic E-state index is 0.267. The van der Waals surface area contributed by atoms with Crippen molar-refractivity contribution >= 4 is 18.2 Å². The van der Waals surface area contributed by atoms with Crippen molar-refractivity contribution in [3.63, 3.8) is 0 Å². The second kappa shape index (κ2) is 13.4. The normalized spacial score (nSPS) is 13.6. The van der Waals surface area contributed by atoms with E-state index in [4.69, 9.17) is 14.2 Å². The standard InChI is InChI=1S/C23H34N2O7/c1-7-12-18(25(23(29)31-16(5)6)24-22(28)30-15(3)4)20(26)19(8-2)32-21(27)17-13-10-9-11-14-17/h8-11,13-16,18-20,26H,2,7,12H2,1,3-6H3,(H,24,28)/t18-,19+,20-/m1/s1. The molecule has 0 fully saturated rings. The molecule has 0 radical (unpaired) electrons. The van der Waals surface area contributed by atoms with Crippen molar-refractivity contribution in [2.75, 3.05) is 0 Å². The van der Waals surface area contributed by atoms with Crippen LogP contribution in [-0.2, 0) is 14.2 Å². The number of hydrogen-bond acceptors (Lipinski definition) is 7. The van der Waals surface area contributed by atoms with Crippen LogP contribution in [0.4, 0.5) is 9.59 Å². The van der Waals surface area contributed by atoms with Gasteiger partial charge in [-0.1, -0.05) is 38.1 Å². The van der Waals surface area contributed by atoms with Crippen molar-refractivity contribution < 1.29 is 33.7 Å². The van der Waals surface area contributed by atoms with Gasteiger partial charge in [-0.2, -0.15) is 0 Å². The number of benzene rings is 1. The van der Waals surface area contributed by atoms with Crippen molar-refractivity contribution in [3.8, 4) is 0 Å². The third kappa shape index (κ3) is 8.58. The molecule has 32 heavy (non-hydrogen) atoms. The lowest BCUT2D eigenvalue weighted by Gasteiger charge is -2.36. The molecule has 9 nitrogen and oxygen atoms in total. The van der Waals surface area contributed by atoms with Crippen LogP contribution in [0.15, 0.2) is 43.0 Å². The number of hydrazine groups is 1. The highest BCUT2D eigenvalue weighted by atomic mass is 16.6. The first kappa shape index (κ1) is 27.0. The van der Waals surface area contributed by atoms with Crippen molar-refractivity contribution in [2.24, 2.45) is 0 Å². The lowest BCUT2D eigenvalue weighted by atomic mass is 10.00. The number of rotatable bonds is 10. The predicted octanol–water partition coefficient (Wildman–Crippen LogP) is 3.82. The number of ether oxygens (including phenoxy) is 3. The summed E-state index contributed by atoms with van der Waals surface area (Å²) in [6, 6.07) is 7.29. The molecule has 2 amide bonds. The number of nitrogens with one attached hydrogen (secondary N) is 1. The van der Waals surface area contributed by atoms with Gasteiger partial charge in [0.1, 0.15) is 12.2 Å². The van der Waals surface area contributed by atoms with E-state index in [-0.39, 0.29) is 6.42 Å². The third-order valence-corrected chi connectivity index (χ3v) is 4.22. The lowest BCUT2D eigenvalue weighted by molar-refractivity contribution is -0.0510. The quantitative estimate of drug-likeness (QED) is 0.241. The molecule has 0 aliphatic heterocycles. The molecule has 0 aliphatic rings. The number of aliphatic hydroxyl groups is 1. The number of aliphatic hydroxyl groups excluding tert-OH is 1. The Bertz CT molecular complexity index is 752. The van der Waals surface area contributed by atoms with Gasteiger partial charge in [-0.05, 0) is 52.3 Å². The van der Waals surface area contributed by atoms with Crippen LogP contribution in [0.25, 0.3) is 0 Å². The molecule has 0 heterocycles. The number of nitrogens with zero attached hydrogens (tertiary/aromatic N) is 1. The SMILES string of the molecule is C=C[C@H](OC(=O)c1ccccc1)[C@H](O)[C@@H](CCC)N(NC(=O)OC(C)C)C(=O)OC(C)C. The topological polar surface area (TPSA) is 114 Å². The van der Waals surface area contributed by atoms with Crippen LogP contribution >= 0.6 is 0 Å². The smallest absolute Gasteiger partial charge is 0.429 e. The highest BCUT2D eigenvalue weighted by Crippen LogP contribution is 2.19. The number of amides is 2. The van der Waals surface area contributed by atoms with Crippen LogP contribution in [0.1, 0.15) is 57.8 Å². The zero-order chi connectivity index (χ0) is 24.3. The third-order valence-electron chi connectivity index (χ3n) is 4.22. The zero-order valence-corrected chi connectivity index (χ0v) is 19.3. The van der Waals surface area contributed by atoms with Crippen molar-refractivity contribution in [3.05, 3.63) is 48.6 Å². The maximum atomic E-state index is 12.7. The van der Waals surface area contributed by atoms with E-state index in [1.54, 1.807) is 58.0 Å². The Kier molecular flexibility index (Phi) is 11.3. The Morgan fingerprint density at radius 3 is 2.16 bits per heavy atom. The monoisotopic (exact) mass is 450 g/mol. The molecule has 2 N–H and O–H groups in total. The fraction of sp³-hybridized carbons (Fsp3) is 0.522. The minimum atomic E-state index is -1.40. The summed E-state index contributed by atoms with van der Waals surface area (Å²) < 4.78 is 15.7. The van der Waals surface area contributed by atoms with Gasteiger partial charge in [0, 0.05) is 0 Å². The molecule has 1 aromatic rings. The summed E-state index contributed by atoms with van der Waals surface area (Å²) in [5, 5.41) is 11.9. The molecule has 3 atom stereocenters. The van der Waals surface area contributed by atoms with E-state index in [9.17, 15) is 19.5 Å². The molecule has 0 unspecified atom stereocenters. The molecular formula is C23H34N2O7. The molecule has 9 heteroatoms. The Morgan fingerprint density at radius 2 is 1.66 bits per heavy atom. The maximum Gasteiger partial charge on any atom is 0.429 e. The van der Waals surface area contributed by atoms with Crippen LogP contribution in [0.2, 0.25) is 0 Å².